The van der Waals surface area contributed by atoms with E-state index in [4.69, 9.17) is 8.85 Å². The van der Waals surface area contributed by atoms with Gasteiger partial charge in [0.05, 0.1) is 9.65 Å². The van der Waals surface area contributed by atoms with Gasteiger partial charge in [0.25, 0.3) is 11.5 Å². The van der Waals surface area contributed by atoms with Gasteiger partial charge in [0.2, 0.25) is 5.75 Å². The molecule has 2 amide bonds. The topological polar surface area (TPSA) is 123 Å². The standard InChI is InChI=1S/C24H25FN4O5/c1-24(2,28-23(33)34-14-16-7-5-4-6-8-16)22-27-18(19(30)21(32)29(22)3)20(31)26-13-15-9-11-17(25)12-10-15/h4-12,30H,13-14H2,1-3H3,(H,26,31)(H,28,33)/i9D,13D2. The van der Waals surface area contributed by atoms with Crippen LogP contribution in [-0.2, 0) is 30.4 Å². The Labute approximate surface area is 199 Å². The monoisotopic (exact) mass is 471 g/mol. The summed E-state index contributed by atoms with van der Waals surface area (Å²) in [6.07, 6.45) is -0.835. The van der Waals surface area contributed by atoms with E-state index in [0.717, 1.165) is 28.3 Å². The molecule has 0 unspecified atom stereocenters. The highest BCUT2D eigenvalue weighted by Gasteiger charge is 2.31. The molecule has 178 valence electrons. The number of amides is 2. The zero-order valence-electron chi connectivity index (χ0n) is 21.7. The Morgan fingerprint density at radius 3 is 2.59 bits per heavy atom. The molecule has 0 aliphatic heterocycles. The van der Waals surface area contributed by atoms with E-state index in [1.54, 1.807) is 24.3 Å². The van der Waals surface area contributed by atoms with Gasteiger partial charge in [-0.25, -0.2) is 14.2 Å². The third-order valence-corrected chi connectivity index (χ3v) is 4.75. The van der Waals surface area contributed by atoms with Crippen molar-refractivity contribution in [2.45, 2.75) is 32.5 Å². The molecule has 3 N–H and O–H groups in total. The molecule has 9 nitrogen and oxygen atoms in total. The van der Waals surface area contributed by atoms with Crippen molar-refractivity contribution >= 4 is 12.0 Å². The Morgan fingerprint density at radius 2 is 1.91 bits per heavy atom. The van der Waals surface area contributed by atoms with Crippen LogP contribution in [0.3, 0.4) is 0 Å². The molecule has 10 heteroatoms. The number of carbonyl (C=O) groups excluding carboxylic acids is 2. The molecule has 3 aromatic rings. The van der Waals surface area contributed by atoms with Gasteiger partial charge < -0.3 is 20.5 Å². The molecule has 0 atom stereocenters. The smallest absolute Gasteiger partial charge is 0.408 e. The van der Waals surface area contributed by atoms with Gasteiger partial charge in [-0.2, -0.15) is 0 Å². The molecule has 0 aliphatic rings. The molecule has 0 radical (unpaired) electrons. The third-order valence-electron chi connectivity index (χ3n) is 4.75. The van der Waals surface area contributed by atoms with Crippen molar-refractivity contribution in [1.29, 1.82) is 0 Å². The van der Waals surface area contributed by atoms with Crippen molar-refractivity contribution in [2.24, 2.45) is 7.05 Å². The molecule has 1 heterocycles. The first kappa shape index (κ1) is 20.4. The largest absolute Gasteiger partial charge is 0.501 e. The van der Waals surface area contributed by atoms with Gasteiger partial charge in [0.15, 0.2) is 5.69 Å². The average molecular weight is 472 g/mol. The minimum absolute atomic E-state index is 0.0190. The second-order valence-electron chi connectivity index (χ2n) is 7.81. The van der Waals surface area contributed by atoms with Gasteiger partial charge in [0.1, 0.15) is 18.2 Å². The Hall–Kier alpha value is -4.21. The number of rotatable bonds is 7. The van der Waals surface area contributed by atoms with Crippen LogP contribution in [0, 0.1) is 5.82 Å². The fourth-order valence-corrected chi connectivity index (χ4v) is 3.04. The van der Waals surface area contributed by atoms with Crippen LogP contribution >= 0.6 is 0 Å². The van der Waals surface area contributed by atoms with E-state index in [1.807, 2.05) is 11.4 Å². The Balaban J connectivity index is 1.87. The number of hydrogen-bond donors (Lipinski definition) is 3. The molecule has 2 aromatic carbocycles. The van der Waals surface area contributed by atoms with Crippen molar-refractivity contribution in [3.63, 3.8) is 0 Å². The lowest BCUT2D eigenvalue weighted by Gasteiger charge is -2.27. The fraction of sp³-hybridized carbons (Fsp3) is 0.250. The summed E-state index contributed by atoms with van der Waals surface area (Å²) in [6.45, 7) is 0.282. The molecular formula is C24H25FN4O5. The predicted octanol–water partition coefficient (Wildman–Crippen LogP) is 2.72. The van der Waals surface area contributed by atoms with Gasteiger partial charge >= 0.3 is 6.09 Å². The van der Waals surface area contributed by atoms with E-state index in [0.29, 0.717) is 0 Å². The zero-order valence-corrected chi connectivity index (χ0v) is 18.7. The maximum Gasteiger partial charge on any atom is 0.408 e. The van der Waals surface area contributed by atoms with Crippen molar-refractivity contribution in [2.75, 3.05) is 0 Å². The molecular weight excluding hydrogens is 443 g/mol. The number of aromatic nitrogens is 2. The Morgan fingerprint density at radius 1 is 1.21 bits per heavy atom. The van der Waals surface area contributed by atoms with Crippen molar-refractivity contribution in [1.82, 2.24) is 20.2 Å². The summed E-state index contributed by atoms with van der Waals surface area (Å²) < 4.78 is 43.5. The summed E-state index contributed by atoms with van der Waals surface area (Å²) in [4.78, 5) is 42.0. The van der Waals surface area contributed by atoms with Gasteiger partial charge in [-0.1, -0.05) is 42.4 Å². The van der Waals surface area contributed by atoms with Gasteiger partial charge in [0, 0.05) is 13.5 Å². The second-order valence-corrected chi connectivity index (χ2v) is 7.81. The van der Waals surface area contributed by atoms with Crippen LogP contribution in [-0.4, -0.2) is 26.7 Å². The SMILES string of the molecule is [2H]c1cc(F)ccc1C([2H])([2H])NC(=O)c1nc(C(C)(C)NC(=O)OCc2ccccc2)n(C)c(=O)c1O. The minimum Gasteiger partial charge on any atom is -0.501 e. The number of hydrogen-bond acceptors (Lipinski definition) is 6. The van der Waals surface area contributed by atoms with Crippen LogP contribution in [0.2, 0.25) is 0 Å². The van der Waals surface area contributed by atoms with Gasteiger partial charge in [-0.3, -0.25) is 14.2 Å². The van der Waals surface area contributed by atoms with Crippen LogP contribution in [0.1, 0.15) is 45.4 Å². The van der Waals surface area contributed by atoms with Crippen LogP contribution in [0.5, 0.6) is 5.75 Å². The normalized spacial score (nSPS) is 12.8. The maximum absolute atomic E-state index is 13.3. The van der Waals surface area contributed by atoms with Crippen molar-refractivity contribution in [3.8, 4) is 5.75 Å². The Bertz CT molecular complexity index is 1400. The quantitative estimate of drug-likeness (QED) is 0.487. The van der Waals surface area contributed by atoms with Crippen LogP contribution in [0.15, 0.2) is 59.4 Å². The van der Waals surface area contributed by atoms with E-state index in [-0.39, 0.29) is 18.0 Å². The van der Waals surface area contributed by atoms with E-state index < -0.39 is 52.9 Å². The van der Waals surface area contributed by atoms with E-state index >= 15 is 0 Å². The molecule has 34 heavy (non-hydrogen) atoms. The summed E-state index contributed by atoms with van der Waals surface area (Å²) in [5.74, 6) is -3.22. The van der Waals surface area contributed by atoms with Crippen LogP contribution < -0.4 is 16.2 Å². The predicted molar refractivity (Wildman–Crippen MR) is 122 cm³/mol. The van der Waals surface area contributed by atoms with Gasteiger partial charge in [-0.05, 0) is 37.1 Å². The van der Waals surface area contributed by atoms with E-state index in [1.165, 1.54) is 20.9 Å². The average Bonchev–Trinajstić information content (AvgIpc) is 2.81. The molecule has 0 saturated carbocycles. The number of nitrogens with one attached hydrogen (secondary N) is 2. The molecule has 1 aromatic heterocycles. The number of halogens is 1. The van der Waals surface area contributed by atoms with E-state index in [2.05, 4.69) is 10.3 Å². The third kappa shape index (κ3) is 5.77. The highest BCUT2D eigenvalue weighted by Crippen LogP contribution is 2.20. The molecule has 3 rings (SSSR count). The lowest BCUT2D eigenvalue weighted by Crippen LogP contribution is -2.46. The van der Waals surface area contributed by atoms with E-state index in [9.17, 15) is 23.9 Å². The first-order valence-electron chi connectivity index (χ1n) is 11.6. The van der Waals surface area contributed by atoms with Crippen molar-refractivity contribution < 1.29 is 27.9 Å². The molecule has 0 saturated heterocycles. The Kier molecular flexibility index (Phi) is 6.09. The molecule has 0 spiro atoms. The summed E-state index contributed by atoms with van der Waals surface area (Å²) in [6, 6.07) is 11.1. The first-order valence-corrected chi connectivity index (χ1v) is 10.1. The molecule has 0 bridgehead atoms. The maximum atomic E-state index is 13.3. The number of benzene rings is 2. The number of alkyl carbamates (subject to hydrolysis) is 1. The number of aromatic hydroxyl groups is 1. The number of nitrogens with zero attached hydrogens (tertiary/aromatic N) is 2. The summed E-state index contributed by atoms with van der Waals surface area (Å²) in [5, 5.41) is 14.8. The highest BCUT2D eigenvalue weighted by atomic mass is 19.1. The van der Waals surface area contributed by atoms with Crippen LogP contribution in [0.25, 0.3) is 0 Å². The molecule has 0 aliphatic carbocycles. The van der Waals surface area contributed by atoms with Gasteiger partial charge in [-0.15, -0.1) is 0 Å². The summed E-state index contributed by atoms with van der Waals surface area (Å²) in [7, 11) is 1.27. The lowest BCUT2D eigenvalue weighted by molar-refractivity contribution is 0.0941. The second kappa shape index (κ2) is 10.2. The molecule has 0 fully saturated rings. The summed E-state index contributed by atoms with van der Waals surface area (Å²) >= 11 is 0. The fourth-order valence-electron chi connectivity index (χ4n) is 3.04. The minimum atomic E-state index is -2.67. The van der Waals surface area contributed by atoms with Crippen molar-refractivity contribution in [3.05, 3.63) is 93.4 Å². The highest BCUT2D eigenvalue weighted by molar-refractivity contribution is 5.94. The zero-order chi connectivity index (χ0) is 27.5. The summed E-state index contributed by atoms with van der Waals surface area (Å²) in [5.41, 5.74) is -2.81. The lowest BCUT2D eigenvalue weighted by atomic mass is 10.0. The number of carbonyl (C=O) groups is 2. The number of ether oxygens (including phenoxy) is 1. The first-order chi connectivity index (χ1) is 17.2. The van der Waals surface area contributed by atoms with Crippen LogP contribution in [0.4, 0.5) is 9.18 Å².